The molecule has 2 amide bonds. The van der Waals surface area contributed by atoms with E-state index in [1.54, 1.807) is 12.1 Å². The van der Waals surface area contributed by atoms with Crippen molar-refractivity contribution in [2.75, 3.05) is 18.5 Å². The van der Waals surface area contributed by atoms with Crippen molar-refractivity contribution in [3.8, 4) is 5.75 Å². The lowest BCUT2D eigenvalue weighted by molar-refractivity contribution is -0.137. The number of amides is 2. The number of aliphatic hydroxyl groups is 1. The second-order valence-electron chi connectivity index (χ2n) is 6.07. The molecule has 2 aromatic rings. The number of aromatic hydroxyl groups is 1. The molecule has 0 saturated carbocycles. The van der Waals surface area contributed by atoms with Crippen molar-refractivity contribution >= 4 is 17.5 Å². The van der Waals surface area contributed by atoms with E-state index in [1.807, 2.05) is 36.4 Å². The summed E-state index contributed by atoms with van der Waals surface area (Å²) in [6, 6.07) is 14.8. The van der Waals surface area contributed by atoms with E-state index in [4.69, 9.17) is 5.11 Å². The number of hydrogen-bond donors (Lipinski definition) is 3. The number of aryl methyl sites for hydroxylation is 2. The van der Waals surface area contributed by atoms with Crippen LogP contribution in [0.2, 0.25) is 0 Å². The van der Waals surface area contributed by atoms with E-state index in [1.165, 1.54) is 6.08 Å². The number of carbonyl (C=O) groups is 2. The van der Waals surface area contributed by atoms with Gasteiger partial charge in [-0.2, -0.15) is 0 Å². The fourth-order valence-electron chi connectivity index (χ4n) is 2.77. The van der Waals surface area contributed by atoms with E-state index >= 15 is 0 Å². The molecule has 0 saturated heterocycles. The number of imide groups is 1. The summed E-state index contributed by atoms with van der Waals surface area (Å²) >= 11 is 0. The average molecular weight is 352 g/mol. The molecule has 134 valence electrons. The first kappa shape index (κ1) is 17.7. The maximum absolute atomic E-state index is 12.1. The van der Waals surface area contributed by atoms with Gasteiger partial charge >= 0.3 is 0 Å². The first-order chi connectivity index (χ1) is 12.6. The van der Waals surface area contributed by atoms with E-state index < -0.39 is 11.8 Å². The fraction of sp³-hybridized carbons (Fsp3) is 0.200. The highest BCUT2D eigenvalue weighted by molar-refractivity contribution is 6.17. The van der Waals surface area contributed by atoms with Crippen LogP contribution in [0.1, 0.15) is 11.1 Å². The van der Waals surface area contributed by atoms with Crippen LogP contribution in [0.15, 0.2) is 60.3 Å². The molecular formula is C20H20N2O4. The summed E-state index contributed by atoms with van der Waals surface area (Å²) in [6.07, 6.45) is 2.97. The lowest BCUT2D eigenvalue weighted by Crippen LogP contribution is -2.34. The molecule has 6 heteroatoms. The summed E-state index contributed by atoms with van der Waals surface area (Å²) in [6.45, 7) is -0.260. The van der Waals surface area contributed by atoms with Crippen molar-refractivity contribution < 1.29 is 19.8 Å². The van der Waals surface area contributed by atoms with Gasteiger partial charge in [0.2, 0.25) is 0 Å². The average Bonchev–Trinajstić information content (AvgIpc) is 2.90. The van der Waals surface area contributed by atoms with Crippen molar-refractivity contribution in [1.29, 1.82) is 0 Å². The highest BCUT2D eigenvalue weighted by atomic mass is 16.3. The second-order valence-corrected chi connectivity index (χ2v) is 6.07. The molecule has 0 aliphatic carbocycles. The van der Waals surface area contributed by atoms with E-state index in [0.717, 1.165) is 34.6 Å². The van der Waals surface area contributed by atoms with Crippen LogP contribution < -0.4 is 5.32 Å². The monoisotopic (exact) mass is 352 g/mol. The molecule has 3 N–H and O–H groups in total. The quantitative estimate of drug-likeness (QED) is 0.662. The van der Waals surface area contributed by atoms with Gasteiger partial charge in [0.15, 0.2) is 0 Å². The van der Waals surface area contributed by atoms with E-state index in [2.05, 4.69) is 5.32 Å². The zero-order valence-electron chi connectivity index (χ0n) is 14.2. The number of anilines is 1. The van der Waals surface area contributed by atoms with Gasteiger partial charge in [-0.05, 0) is 48.2 Å². The Hall–Kier alpha value is -3.12. The smallest absolute Gasteiger partial charge is 0.277 e. The molecule has 0 fully saturated rings. The molecule has 2 aromatic carbocycles. The van der Waals surface area contributed by atoms with Crippen LogP contribution in [-0.4, -0.2) is 40.1 Å². The zero-order chi connectivity index (χ0) is 18.5. The van der Waals surface area contributed by atoms with Gasteiger partial charge in [0.25, 0.3) is 11.8 Å². The number of aliphatic hydroxyl groups excluding tert-OH is 1. The summed E-state index contributed by atoms with van der Waals surface area (Å²) < 4.78 is 0. The molecule has 1 heterocycles. The van der Waals surface area contributed by atoms with Gasteiger partial charge in [-0.25, -0.2) is 0 Å². The Morgan fingerprint density at radius 1 is 0.885 bits per heavy atom. The molecule has 0 bridgehead atoms. The molecule has 6 nitrogen and oxygen atoms in total. The number of hydrogen-bond acceptors (Lipinski definition) is 5. The van der Waals surface area contributed by atoms with Gasteiger partial charge in [0.05, 0.1) is 13.2 Å². The van der Waals surface area contributed by atoms with Crippen molar-refractivity contribution in [2.45, 2.75) is 12.8 Å². The Balaban J connectivity index is 1.58. The Morgan fingerprint density at radius 3 is 2.04 bits per heavy atom. The maximum atomic E-state index is 12.1. The maximum Gasteiger partial charge on any atom is 0.277 e. The SMILES string of the molecule is O=C1C=C(Nc2ccc(CCc3ccc(O)cc3)cc2)C(=O)N1CCO. The Kier molecular flexibility index (Phi) is 5.34. The lowest BCUT2D eigenvalue weighted by Gasteiger charge is -2.13. The largest absolute Gasteiger partial charge is 0.508 e. The van der Waals surface area contributed by atoms with Crippen LogP contribution in [-0.2, 0) is 22.4 Å². The molecule has 3 rings (SSSR count). The van der Waals surface area contributed by atoms with Gasteiger partial charge in [-0.3, -0.25) is 14.5 Å². The van der Waals surface area contributed by atoms with Crippen LogP contribution in [0.5, 0.6) is 5.75 Å². The third kappa shape index (κ3) is 4.10. The van der Waals surface area contributed by atoms with Crippen LogP contribution in [0.25, 0.3) is 0 Å². The number of nitrogens with zero attached hydrogens (tertiary/aromatic N) is 1. The number of carbonyl (C=O) groups excluding carboxylic acids is 2. The van der Waals surface area contributed by atoms with Crippen LogP contribution in [0, 0.1) is 0 Å². The Labute approximate surface area is 151 Å². The van der Waals surface area contributed by atoms with E-state index in [0.29, 0.717) is 0 Å². The molecule has 1 aliphatic rings. The second kappa shape index (κ2) is 7.84. The first-order valence-electron chi connectivity index (χ1n) is 8.39. The van der Waals surface area contributed by atoms with Crippen molar-refractivity contribution in [2.24, 2.45) is 0 Å². The molecule has 0 unspecified atom stereocenters. The summed E-state index contributed by atoms with van der Waals surface area (Å²) in [7, 11) is 0. The van der Waals surface area contributed by atoms with Crippen molar-refractivity contribution in [1.82, 2.24) is 4.90 Å². The summed E-state index contributed by atoms with van der Waals surface area (Å²) in [5.41, 5.74) is 3.22. The Morgan fingerprint density at radius 2 is 1.46 bits per heavy atom. The third-order valence-corrected chi connectivity index (χ3v) is 4.20. The number of phenols is 1. The molecule has 1 aliphatic heterocycles. The lowest BCUT2D eigenvalue weighted by atomic mass is 10.0. The molecule has 0 radical (unpaired) electrons. The number of benzene rings is 2. The van der Waals surface area contributed by atoms with Crippen LogP contribution in [0.3, 0.4) is 0 Å². The van der Waals surface area contributed by atoms with Gasteiger partial charge in [0.1, 0.15) is 11.4 Å². The van der Waals surface area contributed by atoms with Crippen molar-refractivity contribution in [3.05, 3.63) is 71.4 Å². The number of nitrogens with one attached hydrogen (secondary N) is 1. The zero-order valence-corrected chi connectivity index (χ0v) is 14.2. The molecular weight excluding hydrogens is 332 g/mol. The van der Waals surface area contributed by atoms with Gasteiger partial charge in [-0.1, -0.05) is 24.3 Å². The molecule has 26 heavy (non-hydrogen) atoms. The topological polar surface area (TPSA) is 89.9 Å². The summed E-state index contributed by atoms with van der Waals surface area (Å²) in [5.74, 6) is -0.589. The van der Waals surface area contributed by atoms with Crippen LogP contribution in [0.4, 0.5) is 5.69 Å². The number of rotatable bonds is 7. The summed E-state index contributed by atoms with van der Waals surface area (Å²) in [4.78, 5) is 24.8. The minimum atomic E-state index is -0.430. The molecule has 0 spiro atoms. The van der Waals surface area contributed by atoms with Gasteiger partial charge < -0.3 is 15.5 Å². The molecule has 0 aromatic heterocycles. The predicted molar refractivity (Wildman–Crippen MR) is 97.5 cm³/mol. The number of β-amino-alcohol motifs (C(OH)–C–C–N with tert-alkyl or cyclic N) is 1. The normalized spacial score (nSPS) is 13.9. The highest BCUT2D eigenvalue weighted by Crippen LogP contribution is 2.18. The first-order valence-corrected chi connectivity index (χ1v) is 8.39. The minimum absolute atomic E-state index is 0.00442. The fourth-order valence-corrected chi connectivity index (χ4v) is 2.77. The van der Waals surface area contributed by atoms with Gasteiger partial charge in [-0.15, -0.1) is 0 Å². The highest BCUT2D eigenvalue weighted by Gasteiger charge is 2.30. The molecule has 0 atom stereocenters. The van der Waals surface area contributed by atoms with E-state index in [-0.39, 0.29) is 24.6 Å². The van der Waals surface area contributed by atoms with Gasteiger partial charge in [0, 0.05) is 11.8 Å². The van der Waals surface area contributed by atoms with E-state index in [9.17, 15) is 14.7 Å². The minimum Gasteiger partial charge on any atom is -0.508 e. The standard InChI is InChI=1S/C20H20N2O4/c23-12-11-22-19(25)13-18(20(22)26)21-16-7-3-14(4-8-16)1-2-15-5-9-17(24)10-6-15/h3-10,13,21,23-24H,1-2,11-12H2. The van der Waals surface area contributed by atoms with Crippen molar-refractivity contribution in [3.63, 3.8) is 0 Å². The number of phenolic OH excluding ortho intramolecular Hbond substituents is 1. The predicted octanol–water partition coefficient (Wildman–Crippen LogP) is 1.83. The third-order valence-electron chi connectivity index (χ3n) is 4.20. The summed E-state index contributed by atoms with van der Waals surface area (Å²) in [5, 5.41) is 21.2. The Bertz CT molecular complexity index is 826. The van der Waals surface area contributed by atoms with Crippen LogP contribution >= 0.6 is 0 Å².